The quantitative estimate of drug-likeness (QED) is 0.750. The van der Waals surface area contributed by atoms with Crippen molar-refractivity contribution in [1.82, 2.24) is 10.2 Å². The van der Waals surface area contributed by atoms with Gasteiger partial charge in [0.25, 0.3) is 5.91 Å². The molecule has 2 heterocycles. The second kappa shape index (κ2) is 9.30. The van der Waals surface area contributed by atoms with Gasteiger partial charge < -0.3 is 25.0 Å². The number of amides is 3. The van der Waals surface area contributed by atoms with Crippen molar-refractivity contribution in [3.05, 3.63) is 53.1 Å². The summed E-state index contributed by atoms with van der Waals surface area (Å²) in [5.41, 5.74) is 3.35. The zero-order valence-electron chi connectivity index (χ0n) is 18.3. The van der Waals surface area contributed by atoms with Gasteiger partial charge in [0, 0.05) is 36.3 Å². The molecule has 168 valence electrons. The summed E-state index contributed by atoms with van der Waals surface area (Å²) in [6.45, 7) is 5.03. The lowest BCUT2D eigenvalue weighted by atomic mass is 9.95. The second-order valence-corrected chi connectivity index (χ2v) is 8.19. The first-order chi connectivity index (χ1) is 15.4. The van der Waals surface area contributed by atoms with Crippen molar-refractivity contribution in [2.75, 3.05) is 31.7 Å². The standard InChI is InChI=1S/C24H27N3O5/c1-15-3-4-18(11-16(15)2)23(29)25-13-22(28)27-9-7-17(8-10-27)24(30)26-19-5-6-20-21(12-19)32-14-31-20/h3-6,11-12,17H,7-10,13-14H2,1-2H3,(H,25,29)(H,26,30). The summed E-state index contributed by atoms with van der Waals surface area (Å²) < 4.78 is 10.6. The van der Waals surface area contributed by atoms with E-state index in [0.29, 0.717) is 48.7 Å². The Morgan fingerprint density at radius 1 is 0.969 bits per heavy atom. The number of nitrogens with zero attached hydrogens (tertiary/aromatic N) is 1. The maximum Gasteiger partial charge on any atom is 0.251 e. The Balaban J connectivity index is 1.23. The van der Waals surface area contributed by atoms with Crippen LogP contribution in [0.5, 0.6) is 11.5 Å². The zero-order valence-corrected chi connectivity index (χ0v) is 18.3. The Morgan fingerprint density at radius 3 is 2.47 bits per heavy atom. The molecule has 2 aliphatic heterocycles. The summed E-state index contributed by atoms with van der Waals surface area (Å²) in [5, 5.41) is 5.62. The molecule has 0 atom stereocenters. The van der Waals surface area contributed by atoms with E-state index in [1.54, 1.807) is 29.2 Å². The SMILES string of the molecule is Cc1ccc(C(=O)NCC(=O)N2CCC(C(=O)Nc3ccc4c(c3)OCO4)CC2)cc1C. The number of aryl methyl sites for hydroxylation is 2. The third-order valence-corrected chi connectivity index (χ3v) is 6.03. The summed E-state index contributed by atoms with van der Waals surface area (Å²) in [4.78, 5) is 39.2. The van der Waals surface area contributed by atoms with E-state index in [9.17, 15) is 14.4 Å². The Labute approximate surface area is 186 Å². The summed E-state index contributed by atoms with van der Waals surface area (Å²) in [5.74, 6) is 0.635. The highest BCUT2D eigenvalue weighted by Crippen LogP contribution is 2.34. The van der Waals surface area contributed by atoms with Crippen molar-refractivity contribution in [3.8, 4) is 11.5 Å². The van der Waals surface area contributed by atoms with Crippen LogP contribution in [0, 0.1) is 19.8 Å². The second-order valence-electron chi connectivity index (χ2n) is 8.19. The lowest BCUT2D eigenvalue weighted by molar-refractivity contribution is -0.133. The van der Waals surface area contributed by atoms with Crippen LogP contribution < -0.4 is 20.1 Å². The molecule has 32 heavy (non-hydrogen) atoms. The number of nitrogens with one attached hydrogen (secondary N) is 2. The van der Waals surface area contributed by atoms with Crippen molar-refractivity contribution >= 4 is 23.4 Å². The van der Waals surface area contributed by atoms with E-state index < -0.39 is 0 Å². The topological polar surface area (TPSA) is 97.0 Å². The number of piperidine rings is 1. The third kappa shape index (κ3) is 4.85. The van der Waals surface area contributed by atoms with Gasteiger partial charge in [0.1, 0.15) is 0 Å². The van der Waals surface area contributed by atoms with E-state index in [4.69, 9.17) is 9.47 Å². The predicted molar refractivity (Wildman–Crippen MR) is 119 cm³/mol. The molecule has 2 N–H and O–H groups in total. The van der Waals surface area contributed by atoms with Crippen molar-refractivity contribution in [1.29, 1.82) is 0 Å². The minimum Gasteiger partial charge on any atom is -0.454 e. The number of carbonyl (C=O) groups excluding carboxylic acids is 3. The van der Waals surface area contributed by atoms with Crippen LogP contribution >= 0.6 is 0 Å². The van der Waals surface area contributed by atoms with Crippen LogP contribution in [-0.2, 0) is 9.59 Å². The number of carbonyl (C=O) groups is 3. The predicted octanol–water partition coefficient (Wildman–Crippen LogP) is 2.64. The molecule has 8 nitrogen and oxygen atoms in total. The average molecular weight is 437 g/mol. The van der Waals surface area contributed by atoms with Crippen LogP contribution in [0.15, 0.2) is 36.4 Å². The molecule has 2 aliphatic rings. The fraction of sp³-hybridized carbons (Fsp3) is 0.375. The zero-order chi connectivity index (χ0) is 22.7. The number of ether oxygens (including phenoxy) is 2. The molecule has 0 saturated carbocycles. The third-order valence-electron chi connectivity index (χ3n) is 6.03. The fourth-order valence-corrected chi connectivity index (χ4v) is 3.86. The molecular formula is C24H27N3O5. The van der Waals surface area contributed by atoms with Crippen molar-refractivity contribution in [2.45, 2.75) is 26.7 Å². The highest BCUT2D eigenvalue weighted by molar-refractivity contribution is 5.97. The first-order valence-electron chi connectivity index (χ1n) is 10.7. The maximum atomic E-state index is 12.6. The van der Waals surface area contributed by atoms with Gasteiger partial charge >= 0.3 is 0 Å². The summed E-state index contributed by atoms with van der Waals surface area (Å²) >= 11 is 0. The largest absolute Gasteiger partial charge is 0.454 e. The van der Waals surface area contributed by atoms with Gasteiger partial charge in [-0.2, -0.15) is 0 Å². The van der Waals surface area contributed by atoms with Gasteiger partial charge in [-0.15, -0.1) is 0 Å². The molecule has 1 fully saturated rings. The molecule has 3 amide bonds. The minimum absolute atomic E-state index is 0.0557. The molecule has 0 aliphatic carbocycles. The van der Waals surface area contributed by atoms with Crippen molar-refractivity contribution < 1.29 is 23.9 Å². The molecule has 8 heteroatoms. The Hall–Kier alpha value is -3.55. The van der Waals surface area contributed by atoms with E-state index in [0.717, 1.165) is 11.1 Å². The lowest BCUT2D eigenvalue weighted by Crippen LogP contribution is -2.45. The number of anilines is 1. The molecule has 0 bridgehead atoms. The molecule has 0 aromatic heterocycles. The molecule has 0 spiro atoms. The van der Waals surface area contributed by atoms with Gasteiger partial charge in [0.2, 0.25) is 18.6 Å². The lowest BCUT2D eigenvalue weighted by Gasteiger charge is -2.31. The van der Waals surface area contributed by atoms with E-state index in [-0.39, 0.29) is 37.0 Å². The Bertz CT molecular complexity index is 1040. The smallest absolute Gasteiger partial charge is 0.251 e. The normalized spacial score (nSPS) is 15.4. The number of rotatable bonds is 5. The van der Waals surface area contributed by atoms with Gasteiger partial charge in [-0.05, 0) is 62.1 Å². The van der Waals surface area contributed by atoms with Crippen molar-refractivity contribution in [3.63, 3.8) is 0 Å². The van der Waals surface area contributed by atoms with Crippen LogP contribution in [0.25, 0.3) is 0 Å². The number of benzene rings is 2. The number of hydrogen-bond acceptors (Lipinski definition) is 5. The highest BCUT2D eigenvalue weighted by Gasteiger charge is 2.28. The Kier molecular flexibility index (Phi) is 6.30. The van der Waals surface area contributed by atoms with E-state index in [1.807, 2.05) is 26.0 Å². The molecule has 4 rings (SSSR count). The molecule has 0 unspecified atom stereocenters. The molecule has 2 aromatic rings. The van der Waals surface area contributed by atoms with Gasteiger partial charge in [-0.3, -0.25) is 14.4 Å². The first-order valence-corrected chi connectivity index (χ1v) is 10.7. The minimum atomic E-state index is -0.264. The van der Waals surface area contributed by atoms with Crippen LogP contribution in [0.3, 0.4) is 0 Å². The molecule has 1 saturated heterocycles. The van der Waals surface area contributed by atoms with Crippen LogP contribution in [0.2, 0.25) is 0 Å². The van der Waals surface area contributed by atoms with E-state index in [2.05, 4.69) is 10.6 Å². The highest BCUT2D eigenvalue weighted by atomic mass is 16.7. The van der Waals surface area contributed by atoms with Crippen molar-refractivity contribution in [2.24, 2.45) is 5.92 Å². The van der Waals surface area contributed by atoms with Gasteiger partial charge in [-0.1, -0.05) is 6.07 Å². The first kappa shape index (κ1) is 21.7. The summed E-state index contributed by atoms with van der Waals surface area (Å²) in [7, 11) is 0. The average Bonchev–Trinajstić information content (AvgIpc) is 3.27. The van der Waals surface area contributed by atoms with E-state index >= 15 is 0 Å². The van der Waals surface area contributed by atoms with Gasteiger partial charge in [-0.25, -0.2) is 0 Å². The van der Waals surface area contributed by atoms with Gasteiger partial charge in [0.05, 0.1) is 6.54 Å². The number of fused-ring (bicyclic) bond motifs is 1. The van der Waals surface area contributed by atoms with Gasteiger partial charge in [0.15, 0.2) is 11.5 Å². The summed E-state index contributed by atoms with van der Waals surface area (Å²) in [6, 6.07) is 10.8. The Morgan fingerprint density at radius 2 is 1.72 bits per heavy atom. The van der Waals surface area contributed by atoms with Crippen LogP contribution in [0.4, 0.5) is 5.69 Å². The fourth-order valence-electron chi connectivity index (χ4n) is 3.86. The van der Waals surface area contributed by atoms with E-state index in [1.165, 1.54) is 0 Å². The molecule has 2 aromatic carbocycles. The molecular weight excluding hydrogens is 410 g/mol. The van der Waals surface area contributed by atoms with Crippen LogP contribution in [-0.4, -0.2) is 49.0 Å². The maximum absolute atomic E-state index is 12.6. The van der Waals surface area contributed by atoms with Crippen LogP contribution in [0.1, 0.15) is 34.3 Å². The summed E-state index contributed by atoms with van der Waals surface area (Å²) in [6.07, 6.45) is 1.15. The molecule has 0 radical (unpaired) electrons. The number of likely N-dealkylation sites (tertiary alicyclic amines) is 1. The monoisotopic (exact) mass is 437 g/mol. The number of hydrogen-bond donors (Lipinski definition) is 2.